The van der Waals surface area contributed by atoms with Crippen LogP contribution < -0.4 is 4.74 Å². The highest BCUT2D eigenvalue weighted by atomic mass is 16.5. The molecule has 0 saturated carbocycles. The lowest BCUT2D eigenvalue weighted by Crippen LogP contribution is -2.04. The third-order valence-corrected chi connectivity index (χ3v) is 4.85. The Morgan fingerprint density at radius 1 is 1.14 bits per heavy atom. The van der Waals surface area contributed by atoms with Crippen LogP contribution in [0.15, 0.2) is 65.2 Å². The highest BCUT2D eigenvalue weighted by Gasteiger charge is 2.12. The first-order valence-corrected chi connectivity index (χ1v) is 9.56. The molecule has 2 heterocycles. The third-order valence-electron chi connectivity index (χ3n) is 4.85. The topological polar surface area (TPSA) is 77.5 Å². The summed E-state index contributed by atoms with van der Waals surface area (Å²) in [4.78, 5) is 15.5. The minimum Gasteiger partial charge on any atom is -0.492 e. The predicted molar refractivity (Wildman–Crippen MR) is 110 cm³/mol. The Bertz CT molecular complexity index is 1130. The number of oxazole rings is 1. The van der Waals surface area contributed by atoms with Gasteiger partial charge in [-0.25, -0.2) is 4.98 Å². The first kappa shape index (κ1) is 18.8. The van der Waals surface area contributed by atoms with E-state index in [0.717, 1.165) is 33.7 Å². The summed E-state index contributed by atoms with van der Waals surface area (Å²) < 4.78 is 13.8. The molecule has 148 valence electrons. The third kappa shape index (κ3) is 4.16. The zero-order valence-corrected chi connectivity index (χ0v) is 16.2. The zero-order chi connectivity index (χ0) is 20.2. The molecule has 29 heavy (non-hydrogen) atoms. The van der Waals surface area contributed by atoms with E-state index in [2.05, 4.69) is 4.98 Å². The molecule has 4 aromatic rings. The predicted octanol–water partition coefficient (Wildman–Crippen LogP) is 4.70. The molecule has 2 aromatic heterocycles. The fourth-order valence-electron chi connectivity index (χ4n) is 3.35. The summed E-state index contributed by atoms with van der Waals surface area (Å²) in [7, 11) is 0. The Balaban J connectivity index is 1.44. The number of carbonyl (C=O) groups is 1. The number of fused-ring (bicyclic) bond motifs is 1. The highest BCUT2D eigenvalue weighted by molar-refractivity contribution is 5.86. The summed E-state index contributed by atoms with van der Waals surface area (Å²) in [5.74, 6) is 1.39. The lowest BCUT2D eigenvalue weighted by Gasteiger charge is -2.08. The standard InChI is InChI=1S/C23H22N2O4/c1-16-19(24-23(29-16)17-6-3-2-4-7-17)12-15-28-21-9-5-8-20-18(21)10-13-25(20)14-11-22(26)27/h2-10,13H,11-12,14-15H2,1H3,(H,26,27). The van der Waals surface area contributed by atoms with Crippen LogP contribution >= 0.6 is 0 Å². The molecule has 0 aliphatic carbocycles. The van der Waals surface area contributed by atoms with E-state index in [9.17, 15) is 4.79 Å². The monoisotopic (exact) mass is 390 g/mol. The molecular formula is C23H22N2O4. The number of aryl methyl sites for hydroxylation is 2. The molecule has 6 heteroatoms. The van der Waals surface area contributed by atoms with Crippen molar-refractivity contribution in [2.75, 3.05) is 6.61 Å². The van der Waals surface area contributed by atoms with Crippen LogP contribution in [0.4, 0.5) is 0 Å². The Labute approximate surface area is 168 Å². The van der Waals surface area contributed by atoms with Crippen LogP contribution in [0.3, 0.4) is 0 Å². The average Bonchev–Trinajstić information content (AvgIpc) is 3.31. The van der Waals surface area contributed by atoms with Gasteiger partial charge in [-0.15, -0.1) is 0 Å². The van der Waals surface area contributed by atoms with Gasteiger partial charge in [0.05, 0.1) is 24.2 Å². The maximum Gasteiger partial charge on any atom is 0.305 e. The highest BCUT2D eigenvalue weighted by Crippen LogP contribution is 2.27. The van der Waals surface area contributed by atoms with Crippen molar-refractivity contribution in [2.45, 2.75) is 26.3 Å². The number of benzene rings is 2. The Morgan fingerprint density at radius 2 is 1.97 bits per heavy atom. The van der Waals surface area contributed by atoms with Crippen LogP contribution in [-0.4, -0.2) is 27.2 Å². The van der Waals surface area contributed by atoms with Crippen molar-refractivity contribution in [2.24, 2.45) is 0 Å². The van der Waals surface area contributed by atoms with Crippen molar-refractivity contribution in [1.29, 1.82) is 0 Å². The number of hydrogen-bond acceptors (Lipinski definition) is 4. The molecular weight excluding hydrogens is 368 g/mol. The molecule has 0 atom stereocenters. The molecule has 0 radical (unpaired) electrons. The number of aliphatic carboxylic acids is 1. The van der Waals surface area contributed by atoms with E-state index in [0.29, 0.717) is 25.5 Å². The number of nitrogens with zero attached hydrogens (tertiary/aromatic N) is 2. The summed E-state index contributed by atoms with van der Waals surface area (Å²) in [6, 6.07) is 17.6. The van der Waals surface area contributed by atoms with Gasteiger partial charge in [0.15, 0.2) is 0 Å². The first-order valence-electron chi connectivity index (χ1n) is 9.56. The number of rotatable bonds is 8. The van der Waals surface area contributed by atoms with Crippen molar-refractivity contribution in [1.82, 2.24) is 9.55 Å². The van der Waals surface area contributed by atoms with Crippen LogP contribution in [0.25, 0.3) is 22.4 Å². The van der Waals surface area contributed by atoms with E-state index in [-0.39, 0.29) is 6.42 Å². The van der Waals surface area contributed by atoms with Gasteiger partial charge < -0.3 is 18.8 Å². The number of hydrogen-bond donors (Lipinski definition) is 1. The van der Waals surface area contributed by atoms with Gasteiger partial charge in [-0.3, -0.25) is 4.79 Å². The summed E-state index contributed by atoms with van der Waals surface area (Å²) in [6.45, 7) is 2.82. The van der Waals surface area contributed by atoms with Gasteiger partial charge in [-0.1, -0.05) is 24.3 Å². The van der Waals surface area contributed by atoms with Crippen molar-refractivity contribution in [3.8, 4) is 17.2 Å². The van der Waals surface area contributed by atoms with Crippen molar-refractivity contribution < 1.29 is 19.1 Å². The quantitative estimate of drug-likeness (QED) is 0.472. The van der Waals surface area contributed by atoms with E-state index in [1.54, 1.807) is 0 Å². The minimum absolute atomic E-state index is 0.0873. The van der Waals surface area contributed by atoms with E-state index in [1.807, 2.05) is 72.3 Å². The van der Waals surface area contributed by atoms with Crippen molar-refractivity contribution in [3.05, 3.63) is 72.2 Å². The largest absolute Gasteiger partial charge is 0.492 e. The van der Waals surface area contributed by atoms with E-state index in [4.69, 9.17) is 14.3 Å². The van der Waals surface area contributed by atoms with Crippen LogP contribution in [0, 0.1) is 6.92 Å². The average molecular weight is 390 g/mol. The molecule has 6 nitrogen and oxygen atoms in total. The van der Waals surface area contributed by atoms with E-state index in [1.165, 1.54) is 0 Å². The molecule has 0 aliphatic rings. The summed E-state index contributed by atoms with van der Waals surface area (Å²) in [5, 5.41) is 9.88. The maximum atomic E-state index is 10.8. The Kier molecular flexibility index (Phi) is 5.33. The molecule has 1 N–H and O–H groups in total. The molecule has 0 amide bonds. The van der Waals surface area contributed by atoms with Crippen molar-refractivity contribution in [3.63, 3.8) is 0 Å². The number of carboxylic acid groups (broad SMARTS) is 1. The van der Waals surface area contributed by atoms with Gasteiger partial charge in [0.1, 0.15) is 11.5 Å². The fourth-order valence-corrected chi connectivity index (χ4v) is 3.35. The SMILES string of the molecule is Cc1oc(-c2ccccc2)nc1CCOc1cccc2c1ccn2CCC(=O)O. The van der Waals surface area contributed by atoms with Crippen LogP contribution in [0.5, 0.6) is 5.75 Å². The van der Waals surface area contributed by atoms with Gasteiger partial charge in [0, 0.05) is 30.1 Å². The summed E-state index contributed by atoms with van der Waals surface area (Å²) >= 11 is 0. The molecule has 0 unspecified atom stereocenters. The second-order valence-electron chi connectivity index (χ2n) is 6.83. The Morgan fingerprint density at radius 3 is 2.76 bits per heavy atom. The molecule has 2 aromatic carbocycles. The second-order valence-corrected chi connectivity index (χ2v) is 6.83. The maximum absolute atomic E-state index is 10.8. The molecule has 0 spiro atoms. The lowest BCUT2D eigenvalue weighted by molar-refractivity contribution is -0.137. The van der Waals surface area contributed by atoms with Crippen LogP contribution in [0.2, 0.25) is 0 Å². The van der Waals surface area contributed by atoms with Crippen LogP contribution in [-0.2, 0) is 17.8 Å². The lowest BCUT2D eigenvalue weighted by atomic mass is 10.2. The molecule has 4 rings (SSSR count). The molecule has 0 saturated heterocycles. The summed E-state index contributed by atoms with van der Waals surface area (Å²) in [6.07, 6.45) is 2.62. The minimum atomic E-state index is -0.808. The molecule has 0 aliphatic heterocycles. The number of ether oxygens (including phenoxy) is 1. The molecule has 0 bridgehead atoms. The number of aromatic nitrogens is 2. The number of carboxylic acids is 1. The van der Waals surface area contributed by atoms with Gasteiger partial charge in [0.25, 0.3) is 0 Å². The normalized spacial score (nSPS) is 11.1. The Hall–Kier alpha value is -3.54. The van der Waals surface area contributed by atoms with E-state index < -0.39 is 5.97 Å². The molecule has 0 fully saturated rings. The zero-order valence-electron chi connectivity index (χ0n) is 16.2. The first-order chi connectivity index (χ1) is 14.1. The van der Waals surface area contributed by atoms with E-state index >= 15 is 0 Å². The van der Waals surface area contributed by atoms with Crippen molar-refractivity contribution >= 4 is 16.9 Å². The van der Waals surface area contributed by atoms with Crippen LogP contribution in [0.1, 0.15) is 17.9 Å². The van der Waals surface area contributed by atoms with Gasteiger partial charge in [0.2, 0.25) is 5.89 Å². The summed E-state index contributed by atoms with van der Waals surface area (Å²) in [5.41, 5.74) is 2.80. The fraction of sp³-hybridized carbons (Fsp3) is 0.217. The van der Waals surface area contributed by atoms with Gasteiger partial charge >= 0.3 is 5.97 Å². The van der Waals surface area contributed by atoms with Gasteiger partial charge in [-0.05, 0) is 37.3 Å². The second kappa shape index (κ2) is 8.22. The smallest absolute Gasteiger partial charge is 0.305 e. The van der Waals surface area contributed by atoms with Gasteiger partial charge in [-0.2, -0.15) is 0 Å².